The number of likely N-dealkylation sites (N-methyl/N-ethyl adjacent to an activating group) is 2. The van der Waals surface area contributed by atoms with E-state index in [4.69, 9.17) is 9.47 Å². The maximum Gasteiger partial charge on any atom is 0.194 e. The molecule has 1 aliphatic rings. The van der Waals surface area contributed by atoms with Gasteiger partial charge in [0.1, 0.15) is 24.7 Å². The van der Waals surface area contributed by atoms with Crippen LogP contribution in [0.2, 0.25) is 0 Å². The van der Waals surface area contributed by atoms with Crippen LogP contribution < -0.4 is 9.47 Å². The summed E-state index contributed by atoms with van der Waals surface area (Å²) in [6, 6.07) is 10.3. The Morgan fingerprint density at radius 1 is 0.588 bits per heavy atom. The highest BCUT2D eigenvalue weighted by Crippen LogP contribution is 2.32. The van der Waals surface area contributed by atoms with Crippen molar-refractivity contribution in [2.45, 2.75) is 27.7 Å². The first-order valence-electron chi connectivity index (χ1n) is 11.6. The lowest BCUT2D eigenvalue weighted by atomic mass is 9.84. The summed E-state index contributed by atoms with van der Waals surface area (Å²) in [6.07, 6.45) is 0. The highest BCUT2D eigenvalue weighted by atomic mass is 35.5. The number of halogens is 2. The van der Waals surface area contributed by atoms with Crippen molar-refractivity contribution >= 4 is 36.4 Å². The molecule has 0 fully saturated rings. The topological polar surface area (TPSA) is 59.1 Å². The molecule has 0 radical (unpaired) electrons. The van der Waals surface area contributed by atoms with Crippen molar-refractivity contribution in [2.24, 2.45) is 0 Å². The summed E-state index contributed by atoms with van der Waals surface area (Å²) in [5.41, 5.74) is 1.63. The Bertz CT molecular complexity index is 886. The van der Waals surface area contributed by atoms with E-state index in [2.05, 4.69) is 37.5 Å². The molecule has 6 nitrogen and oxygen atoms in total. The molecule has 0 atom stereocenters. The maximum absolute atomic E-state index is 13.2. The lowest BCUT2D eigenvalue weighted by molar-refractivity contribution is 0.0978. The molecule has 188 valence electrons. The summed E-state index contributed by atoms with van der Waals surface area (Å²) in [5.74, 6) is 0.899. The van der Waals surface area contributed by atoms with E-state index in [-0.39, 0.29) is 36.4 Å². The third-order valence-electron chi connectivity index (χ3n) is 6.10. The Balaban J connectivity index is 0.00000289. The lowest BCUT2D eigenvalue weighted by Crippen LogP contribution is -2.28. The molecule has 0 aliphatic heterocycles. The number of rotatable bonds is 12. The summed E-state index contributed by atoms with van der Waals surface area (Å²) in [5, 5.41) is 0. The third-order valence-corrected chi connectivity index (χ3v) is 6.10. The first-order chi connectivity index (χ1) is 15.5. The predicted molar refractivity (Wildman–Crippen MR) is 141 cm³/mol. The number of carbonyl (C=O) groups excluding carboxylic acids is 2. The molecular weight excluding hydrogens is 475 g/mol. The van der Waals surface area contributed by atoms with Crippen LogP contribution in [-0.4, -0.2) is 73.8 Å². The van der Waals surface area contributed by atoms with Gasteiger partial charge in [0.05, 0.1) is 0 Å². The minimum atomic E-state index is -0.169. The molecule has 3 rings (SSSR count). The molecule has 0 spiro atoms. The van der Waals surface area contributed by atoms with Gasteiger partial charge < -0.3 is 19.3 Å². The molecule has 0 saturated carbocycles. The molecular formula is C26H36Cl2N2O4. The van der Waals surface area contributed by atoms with E-state index in [0.29, 0.717) is 47.0 Å². The van der Waals surface area contributed by atoms with Crippen LogP contribution in [0.1, 0.15) is 59.5 Å². The quantitative estimate of drug-likeness (QED) is 0.350. The molecule has 8 heteroatoms. The first kappa shape index (κ1) is 29.9. The van der Waals surface area contributed by atoms with Crippen molar-refractivity contribution in [3.63, 3.8) is 0 Å². The van der Waals surface area contributed by atoms with Crippen LogP contribution in [-0.2, 0) is 0 Å². The Labute approximate surface area is 215 Å². The van der Waals surface area contributed by atoms with E-state index in [9.17, 15) is 9.59 Å². The van der Waals surface area contributed by atoms with Crippen LogP contribution >= 0.6 is 24.8 Å². The van der Waals surface area contributed by atoms with Gasteiger partial charge in [0.15, 0.2) is 11.6 Å². The largest absolute Gasteiger partial charge is 0.492 e. The average molecular weight is 511 g/mol. The minimum absolute atomic E-state index is 0. The van der Waals surface area contributed by atoms with Gasteiger partial charge in [0, 0.05) is 35.3 Å². The van der Waals surface area contributed by atoms with Gasteiger partial charge in [-0.15, -0.1) is 24.8 Å². The summed E-state index contributed by atoms with van der Waals surface area (Å²) < 4.78 is 11.7. The van der Waals surface area contributed by atoms with Crippen molar-refractivity contribution in [3.8, 4) is 11.5 Å². The molecule has 1 aliphatic carbocycles. The Hall–Kier alpha value is -2.12. The Morgan fingerprint density at radius 2 is 0.941 bits per heavy atom. The van der Waals surface area contributed by atoms with Gasteiger partial charge in [-0.1, -0.05) is 27.7 Å². The van der Waals surface area contributed by atoms with Gasteiger partial charge in [-0.3, -0.25) is 9.59 Å². The predicted octanol–water partition coefficient (Wildman–Crippen LogP) is 4.75. The molecule has 0 heterocycles. The van der Waals surface area contributed by atoms with Gasteiger partial charge in [0.2, 0.25) is 0 Å². The fourth-order valence-electron chi connectivity index (χ4n) is 3.95. The summed E-state index contributed by atoms with van der Waals surface area (Å²) in [6.45, 7) is 15.0. The molecule has 0 saturated heterocycles. The van der Waals surface area contributed by atoms with Crippen LogP contribution in [0.15, 0.2) is 36.4 Å². The third kappa shape index (κ3) is 6.95. The van der Waals surface area contributed by atoms with E-state index in [1.807, 2.05) is 0 Å². The second-order valence-corrected chi connectivity index (χ2v) is 7.82. The molecule has 0 bridgehead atoms. The van der Waals surface area contributed by atoms with Crippen molar-refractivity contribution in [3.05, 3.63) is 58.7 Å². The van der Waals surface area contributed by atoms with Crippen molar-refractivity contribution in [2.75, 3.05) is 52.5 Å². The van der Waals surface area contributed by atoms with Crippen LogP contribution in [0.5, 0.6) is 11.5 Å². The van der Waals surface area contributed by atoms with Gasteiger partial charge in [0.25, 0.3) is 0 Å². The molecule has 0 unspecified atom stereocenters. The summed E-state index contributed by atoms with van der Waals surface area (Å²) >= 11 is 0. The molecule has 2 aromatic rings. The molecule has 34 heavy (non-hydrogen) atoms. The second kappa shape index (κ2) is 14.3. The molecule has 0 aromatic heterocycles. The summed E-state index contributed by atoms with van der Waals surface area (Å²) in [7, 11) is 0. The monoisotopic (exact) mass is 510 g/mol. The molecule has 0 N–H and O–H groups in total. The van der Waals surface area contributed by atoms with Crippen molar-refractivity contribution in [1.29, 1.82) is 0 Å². The fourth-order valence-corrected chi connectivity index (χ4v) is 3.95. The van der Waals surface area contributed by atoms with E-state index in [1.165, 1.54) is 0 Å². The van der Waals surface area contributed by atoms with Gasteiger partial charge >= 0.3 is 0 Å². The van der Waals surface area contributed by atoms with E-state index in [1.54, 1.807) is 36.4 Å². The van der Waals surface area contributed by atoms with Crippen LogP contribution in [0.4, 0.5) is 0 Å². The number of nitrogens with zero attached hydrogens (tertiary/aromatic N) is 2. The zero-order valence-corrected chi connectivity index (χ0v) is 22.1. The van der Waals surface area contributed by atoms with Crippen LogP contribution in [0.25, 0.3) is 0 Å². The van der Waals surface area contributed by atoms with Crippen molar-refractivity contribution in [1.82, 2.24) is 9.80 Å². The van der Waals surface area contributed by atoms with E-state index in [0.717, 1.165) is 39.3 Å². The van der Waals surface area contributed by atoms with Gasteiger partial charge in [-0.2, -0.15) is 0 Å². The minimum Gasteiger partial charge on any atom is -0.492 e. The number of hydrogen-bond donors (Lipinski definition) is 0. The van der Waals surface area contributed by atoms with Gasteiger partial charge in [-0.05, 0) is 62.6 Å². The first-order valence-corrected chi connectivity index (χ1v) is 11.6. The number of ether oxygens (including phenoxy) is 2. The summed E-state index contributed by atoms with van der Waals surface area (Å²) in [4.78, 5) is 30.8. The number of fused-ring (bicyclic) bond motifs is 2. The molecule has 2 aromatic carbocycles. The highest BCUT2D eigenvalue weighted by molar-refractivity contribution is 6.28. The lowest BCUT2D eigenvalue weighted by Gasteiger charge is -2.21. The number of benzene rings is 2. The highest BCUT2D eigenvalue weighted by Gasteiger charge is 2.30. The number of ketones is 2. The zero-order chi connectivity index (χ0) is 23.1. The van der Waals surface area contributed by atoms with E-state index < -0.39 is 0 Å². The number of carbonyl (C=O) groups is 2. The van der Waals surface area contributed by atoms with Crippen molar-refractivity contribution < 1.29 is 19.1 Å². The SMILES string of the molecule is CCN(CC)CCOc1ccc2c(c1)C(=O)c1cc(OCCN(CC)CC)ccc1C2=O.Cl.Cl. The Morgan fingerprint density at radius 3 is 1.29 bits per heavy atom. The zero-order valence-electron chi connectivity index (χ0n) is 20.5. The van der Waals surface area contributed by atoms with Crippen LogP contribution in [0.3, 0.4) is 0 Å². The standard InChI is InChI=1S/C26H34N2O4.2ClH/c1-5-27(6-2)13-15-31-19-9-11-21-23(17-19)26(30)24-18-20(10-12-22(24)25(21)29)32-16-14-28(7-3)8-4;;/h9-12,17-18H,5-8,13-16H2,1-4H3;2*1H. The second-order valence-electron chi connectivity index (χ2n) is 7.82. The van der Waals surface area contributed by atoms with Crippen LogP contribution in [0, 0.1) is 0 Å². The van der Waals surface area contributed by atoms with Gasteiger partial charge in [-0.25, -0.2) is 0 Å². The number of hydrogen-bond acceptors (Lipinski definition) is 6. The maximum atomic E-state index is 13.2. The Kier molecular flexibility index (Phi) is 12.6. The van der Waals surface area contributed by atoms with E-state index >= 15 is 0 Å². The smallest absolute Gasteiger partial charge is 0.194 e. The average Bonchev–Trinajstić information content (AvgIpc) is 2.83. The normalized spacial score (nSPS) is 12.1. The fraction of sp³-hybridized carbons (Fsp3) is 0.462. The molecule has 0 amide bonds.